The Morgan fingerprint density at radius 1 is 1.47 bits per heavy atom. The number of amides is 1. The highest BCUT2D eigenvalue weighted by molar-refractivity contribution is 5.89. The predicted molar refractivity (Wildman–Crippen MR) is 74.0 cm³/mol. The number of aromatic nitrogens is 3. The lowest BCUT2D eigenvalue weighted by molar-refractivity contribution is -0.116. The summed E-state index contributed by atoms with van der Waals surface area (Å²) in [6, 6.07) is 9.38. The van der Waals surface area contributed by atoms with Gasteiger partial charge in [0.1, 0.15) is 0 Å². The summed E-state index contributed by atoms with van der Waals surface area (Å²) in [6.07, 6.45) is 1.61. The standard InChI is InChI=1S/C13H15N5O/c1-3-9-17(10(2)19)13-15-12(14)18(16-13)11-7-5-4-6-8-11/h3-8H,1,9H2,2H3,(H2,14,15,16). The van der Waals surface area contributed by atoms with Crippen molar-refractivity contribution < 1.29 is 4.79 Å². The first-order chi connectivity index (χ1) is 9.13. The van der Waals surface area contributed by atoms with Crippen molar-refractivity contribution in [1.82, 2.24) is 14.8 Å². The second-order valence-corrected chi connectivity index (χ2v) is 3.94. The summed E-state index contributed by atoms with van der Waals surface area (Å²) in [6.45, 7) is 5.40. The lowest BCUT2D eigenvalue weighted by atomic mass is 10.3. The zero-order valence-electron chi connectivity index (χ0n) is 10.7. The zero-order chi connectivity index (χ0) is 13.8. The van der Waals surface area contributed by atoms with Gasteiger partial charge in [0.05, 0.1) is 5.69 Å². The van der Waals surface area contributed by atoms with E-state index in [2.05, 4.69) is 16.7 Å². The lowest BCUT2D eigenvalue weighted by Crippen LogP contribution is -2.29. The molecule has 0 spiro atoms. The normalized spacial score (nSPS) is 10.2. The number of nitrogens with two attached hydrogens (primary N) is 1. The van der Waals surface area contributed by atoms with Crippen LogP contribution >= 0.6 is 0 Å². The molecule has 6 heteroatoms. The third kappa shape index (κ3) is 2.62. The summed E-state index contributed by atoms with van der Waals surface area (Å²) < 4.78 is 1.49. The van der Waals surface area contributed by atoms with Gasteiger partial charge in [0.2, 0.25) is 11.9 Å². The van der Waals surface area contributed by atoms with Crippen molar-refractivity contribution in [2.24, 2.45) is 0 Å². The van der Waals surface area contributed by atoms with Gasteiger partial charge in [0.25, 0.3) is 5.95 Å². The molecule has 1 aromatic heterocycles. The zero-order valence-corrected chi connectivity index (χ0v) is 10.7. The molecule has 0 aliphatic rings. The molecular weight excluding hydrogens is 242 g/mol. The number of hydrogen-bond acceptors (Lipinski definition) is 4. The van der Waals surface area contributed by atoms with Crippen LogP contribution in [0.25, 0.3) is 5.69 Å². The van der Waals surface area contributed by atoms with Crippen LogP contribution in [0.1, 0.15) is 6.92 Å². The number of benzene rings is 1. The van der Waals surface area contributed by atoms with Crippen molar-refractivity contribution in [1.29, 1.82) is 0 Å². The van der Waals surface area contributed by atoms with Crippen LogP contribution in [0.4, 0.5) is 11.9 Å². The molecule has 19 heavy (non-hydrogen) atoms. The second-order valence-electron chi connectivity index (χ2n) is 3.94. The summed E-state index contributed by atoms with van der Waals surface area (Å²) in [4.78, 5) is 17.1. The summed E-state index contributed by atoms with van der Waals surface area (Å²) in [5, 5.41) is 4.26. The molecule has 1 aromatic carbocycles. The fraction of sp³-hybridized carbons (Fsp3) is 0.154. The van der Waals surface area contributed by atoms with Crippen LogP contribution in [0.3, 0.4) is 0 Å². The van der Waals surface area contributed by atoms with Gasteiger partial charge >= 0.3 is 0 Å². The molecule has 1 heterocycles. The van der Waals surface area contributed by atoms with Gasteiger partial charge in [-0.25, -0.2) is 0 Å². The smallest absolute Gasteiger partial charge is 0.253 e. The number of anilines is 2. The average Bonchev–Trinajstić information content (AvgIpc) is 2.78. The Labute approximate surface area is 111 Å². The Morgan fingerprint density at radius 3 is 2.74 bits per heavy atom. The quantitative estimate of drug-likeness (QED) is 0.840. The molecule has 0 fully saturated rings. The summed E-state index contributed by atoms with van der Waals surface area (Å²) >= 11 is 0. The molecule has 98 valence electrons. The summed E-state index contributed by atoms with van der Waals surface area (Å²) in [5.41, 5.74) is 6.63. The molecule has 0 bridgehead atoms. The van der Waals surface area contributed by atoms with Crippen LogP contribution in [0.5, 0.6) is 0 Å². The summed E-state index contributed by atoms with van der Waals surface area (Å²) in [7, 11) is 0. The maximum absolute atomic E-state index is 11.5. The van der Waals surface area contributed by atoms with Crippen LogP contribution in [0.2, 0.25) is 0 Å². The molecule has 2 aromatic rings. The van der Waals surface area contributed by atoms with E-state index in [9.17, 15) is 4.79 Å². The van der Waals surface area contributed by atoms with Gasteiger partial charge in [-0.05, 0) is 12.1 Å². The SMILES string of the molecule is C=CCN(C(C)=O)c1nc(N)n(-c2ccccc2)n1. The highest BCUT2D eigenvalue weighted by Crippen LogP contribution is 2.16. The number of para-hydroxylation sites is 1. The molecule has 0 aliphatic heterocycles. The van der Waals surface area contributed by atoms with E-state index >= 15 is 0 Å². The van der Waals surface area contributed by atoms with Gasteiger partial charge in [-0.3, -0.25) is 9.69 Å². The van der Waals surface area contributed by atoms with Crippen molar-refractivity contribution in [3.63, 3.8) is 0 Å². The minimum absolute atomic E-state index is 0.162. The first kappa shape index (κ1) is 12.8. The largest absolute Gasteiger partial charge is 0.368 e. The molecule has 1 amide bonds. The van der Waals surface area contributed by atoms with E-state index in [0.717, 1.165) is 5.69 Å². The molecule has 2 rings (SSSR count). The second kappa shape index (κ2) is 5.34. The van der Waals surface area contributed by atoms with E-state index in [-0.39, 0.29) is 17.8 Å². The maximum Gasteiger partial charge on any atom is 0.253 e. The molecule has 0 saturated carbocycles. The van der Waals surface area contributed by atoms with Crippen molar-refractivity contribution in [2.75, 3.05) is 17.2 Å². The van der Waals surface area contributed by atoms with Gasteiger partial charge < -0.3 is 5.73 Å². The van der Waals surface area contributed by atoms with E-state index in [1.54, 1.807) is 6.08 Å². The maximum atomic E-state index is 11.5. The topological polar surface area (TPSA) is 77.0 Å². The fourth-order valence-corrected chi connectivity index (χ4v) is 1.67. The highest BCUT2D eigenvalue weighted by Gasteiger charge is 2.17. The number of nitrogens with zero attached hydrogens (tertiary/aromatic N) is 4. The van der Waals surface area contributed by atoms with E-state index < -0.39 is 0 Å². The predicted octanol–water partition coefficient (Wildman–Crippen LogP) is 1.39. The Balaban J connectivity index is 2.40. The Hall–Kier alpha value is -2.63. The van der Waals surface area contributed by atoms with Crippen LogP contribution in [0, 0.1) is 0 Å². The van der Waals surface area contributed by atoms with Crippen LogP contribution in [-0.2, 0) is 4.79 Å². The Bertz CT molecular complexity index is 590. The lowest BCUT2D eigenvalue weighted by Gasteiger charge is -2.13. The summed E-state index contributed by atoms with van der Waals surface area (Å²) in [5.74, 6) is 0.343. The van der Waals surface area contributed by atoms with Crippen LogP contribution in [0.15, 0.2) is 43.0 Å². The van der Waals surface area contributed by atoms with Crippen molar-refractivity contribution >= 4 is 17.8 Å². The van der Waals surface area contributed by atoms with E-state index in [1.807, 2.05) is 30.3 Å². The molecule has 0 saturated heterocycles. The fourth-order valence-electron chi connectivity index (χ4n) is 1.67. The third-order valence-electron chi connectivity index (χ3n) is 2.55. The van der Waals surface area contributed by atoms with Gasteiger partial charge in [-0.1, -0.05) is 24.3 Å². The Kier molecular flexibility index (Phi) is 3.61. The van der Waals surface area contributed by atoms with E-state index in [1.165, 1.54) is 16.5 Å². The molecular formula is C13H15N5O. The van der Waals surface area contributed by atoms with E-state index in [4.69, 9.17) is 5.73 Å². The first-order valence-corrected chi connectivity index (χ1v) is 5.80. The third-order valence-corrected chi connectivity index (χ3v) is 2.55. The van der Waals surface area contributed by atoms with Crippen molar-refractivity contribution in [3.8, 4) is 5.69 Å². The number of nitrogen functional groups attached to an aromatic ring is 1. The minimum atomic E-state index is -0.162. The number of carbonyl (C=O) groups is 1. The highest BCUT2D eigenvalue weighted by atomic mass is 16.2. The Morgan fingerprint density at radius 2 is 2.16 bits per heavy atom. The van der Waals surface area contributed by atoms with Crippen molar-refractivity contribution in [2.45, 2.75) is 6.92 Å². The molecule has 0 radical (unpaired) electrons. The number of hydrogen-bond donors (Lipinski definition) is 1. The molecule has 0 unspecified atom stereocenters. The molecule has 0 atom stereocenters. The van der Waals surface area contributed by atoms with Gasteiger partial charge in [0, 0.05) is 13.5 Å². The average molecular weight is 257 g/mol. The monoisotopic (exact) mass is 257 g/mol. The molecule has 6 nitrogen and oxygen atoms in total. The first-order valence-electron chi connectivity index (χ1n) is 5.80. The molecule has 0 aliphatic carbocycles. The van der Waals surface area contributed by atoms with Crippen molar-refractivity contribution in [3.05, 3.63) is 43.0 Å². The van der Waals surface area contributed by atoms with Gasteiger partial charge in [-0.15, -0.1) is 11.7 Å². The van der Waals surface area contributed by atoms with Gasteiger partial charge in [-0.2, -0.15) is 9.67 Å². The number of rotatable bonds is 4. The minimum Gasteiger partial charge on any atom is -0.368 e. The van der Waals surface area contributed by atoms with Gasteiger partial charge in [0.15, 0.2) is 0 Å². The van der Waals surface area contributed by atoms with E-state index in [0.29, 0.717) is 6.54 Å². The van der Waals surface area contributed by atoms with Crippen LogP contribution in [-0.4, -0.2) is 27.2 Å². The number of carbonyl (C=O) groups excluding carboxylic acids is 1. The molecule has 2 N–H and O–H groups in total. The van der Waals surface area contributed by atoms with Crippen LogP contribution < -0.4 is 10.6 Å².